The molecule has 1 aromatic carbocycles. The number of hydrogen-bond acceptors (Lipinski definition) is 1. The standard InChI is InChI=1S/C12H14FN/c1-3-12-10-7-11(13)8(2)6-9(10)4-5-14-12/h3,6-7,12,14H,1,4-5H2,2H3. The first-order valence-electron chi connectivity index (χ1n) is 4.87. The smallest absolute Gasteiger partial charge is 0.126 e. The number of nitrogens with one attached hydrogen (secondary N) is 1. The molecule has 1 N–H and O–H groups in total. The summed E-state index contributed by atoms with van der Waals surface area (Å²) in [6.07, 6.45) is 2.80. The maximum atomic E-state index is 13.4. The van der Waals surface area contributed by atoms with E-state index < -0.39 is 0 Å². The zero-order valence-electron chi connectivity index (χ0n) is 8.31. The topological polar surface area (TPSA) is 12.0 Å². The summed E-state index contributed by atoms with van der Waals surface area (Å²) in [6.45, 7) is 6.50. The predicted molar refractivity (Wildman–Crippen MR) is 55.8 cm³/mol. The van der Waals surface area contributed by atoms with Gasteiger partial charge in [-0.25, -0.2) is 4.39 Å². The van der Waals surface area contributed by atoms with Gasteiger partial charge in [0.25, 0.3) is 0 Å². The maximum absolute atomic E-state index is 13.4. The average Bonchev–Trinajstić information content (AvgIpc) is 2.19. The minimum absolute atomic E-state index is 0.105. The molecule has 0 radical (unpaired) electrons. The lowest BCUT2D eigenvalue weighted by atomic mass is 9.92. The van der Waals surface area contributed by atoms with Crippen molar-refractivity contribution in [3.05, 3.63) is 47.3 Å². The molecule has 0 aliphatic carbocycles. The molecule has 74 valence electrons. The second-order valence-electron chi connectivity index (χ2n) is 3.72. The van der Waals surface area contributed by atoms with Crippen LogP contribution in [0.3, 0.4) is 0 Å². The van der Waals surface area contributed by atoms with E-state index in [9.17, 15) is 4.39 Å². The van der Waals surface area contributed by atoms with Crippen molar-refractivity contribution in [1.82, 2.24) is 5.32 Å². The highest BCUT2D eigenvalue weighted by molar-refractivity contribution is 5.38. The Morgan fingerprint density at radius 1 is 1.57 bits per heavy atom. The lowest BCUT2D eigenvalue weighted by molar-refractivity contribution is 0.564. The molecule has 0 bridgehead atoms. The third kappa shape index (κ3) is 1.46. The first kappa shape index (κ1) is 9.41. The summed E-state index contributed by atoms with van der Waals surface area (Å²) in [7, 11) is 0. The molecule has 1 unspecified atom stereocenters. The minimum atomic E-state index is -0.126. The van der Waals surface area contributed by atoms with E-state index in [0.717, 1.165) is 24.1 Å². The number of aryl methyl sites for hydroxylation is 1. The van der Waals surface area contributed by atoms with Crippen LogP contribution in [-0.4, -0.2) is 6.54 Å². The lowest BCUT2D eigenvalue weighted by Gasteiger charge is -2.24. The van der Waals surface area contributed by atoms with Gasteiger partial charge in [-0.1, -0.05) is 12.1 Å². The summed E-state index contributed by atoms with van der Waals surface area (Å²) in [5.74, 6) is -0.126. The van der Waals surface area contributed by atoms with Crippen LogP contribution in [0.1, 0.15) is 22.7 Å². The molecule has 0 saturated heterocycles. The zero-order valence-corrected chi connectivity index (χ0v) is 8.31. The van der Waals surface area contributed by atoms with Crippen LogP contribution in [0.5, 0.6) is 0 Å². The molecule has 0 aromatic heterocycles. The largest absolute Gasteiger partial charge is 0.306 e. The SMILES string of the molecule is C=CC1NCCc2cc(C)c(F)cc21. The second kappa shape index (κ2) is 3.54. The van der Waals surface area contributed by atoms with Gasteiger partial charge in [-0.15, -0.1) is 6.58 Å². The van der Waals surface area contributed by atoms with Gasteiger partial charge in [0.15, 0.2) is 0 Å². The average molecular weight is 191 g/mol. The Hall–Kier alpha value is -1.15. The van der Waals surface area contributed by atoms with Crippen LogP contribution in [0.2, 0.25) is 0 Å². The molecule has 1 aliphatic heterocycles. The predicted octanol–water partition coefficient (Wildman–Crippen LogP) is 2.51. The van der Waals surface area contributed by atoms with Gasteiger partial charge in [-0.3, -0.25) is 0 Å². The number of benzene rings is 1. The molecule has 1 nitrogen and oxygen atoms in total. The fourth-order valence-electron chi connectivity index (χ4n) is 1.95. The van der Waals surface area contributed by atoms with Gasteiger partial charge in [-0.2, -0.15) is 0 Å². The van der Waals surface area contributed by atoms with Crippen LogP contribution in [0, 0.1) is 12.7 Å². The van der Waals surface area contributed by atoms with E-state index in [1.165, 1.54) is 5.56 Å². The van der Waals surface area contributed by atoms with Crippen LogP contribution in [-0.2, 0) is 6.42 Å². The number of fused-ring (bicyclic) bond motifs is 1. The van der Waals surface area contributed by atoms with Crippen molar-refractivity contribution >= 4 is 0 Å². The molecule has 2 rings (SSSR count). The van der Waals surface area contributed by atoms with Gasteiger partial charge in [0.1, 0.15) is 5.82 Å². The molecule has 0 spiro atoms. The van der Waals surface area contributed by atoms with Crippen molar-refractivity contribution in [2.24, 2.45) is 0 Å². The third-order valence-electron chi connectivity index (χ3n) is 2.75. The van der Waals surface area contributed by atoms with Crippen LogP contribution in [0.4, 0.5) is 4.39 Å². The Kier molecular flexibility index (Phi) is 2.38. The Morgan fingerprint density at radius 2 is 2.36 bits per heavy atom. The van der Waals surface area contributed by atoms with E-state index in [2.05, 4.69) is 11.9 Å². The molecular formula is C12H14FN. The van der Waals surface area contributed by atoms with Crippen molar-refractivity contribution in [2.75, 3.05) is 6.54 Å². The van der Waals surface area contributed by atoms with Crippen LogP contribution in [0.25, 0.3) is 0 Å². The fourth-order valence-corrected chi connectivity index (χ4v) is 1.95. The van der Waals surface area contributed by atoms with Crippen molar-refractivity contribution < 1.29 is 4.39 Å². The minimum Gasteiger partial charge on any atom is -0.306 e. The van der Waals surface area contributed by atoms with E-state index in [1.807, 2.05) is 12.1 Å². The monoisotopic (exact) mass is 191 g/mol. The van der Waals surface area contributed by atoms with Crippen molar-refractivity contribution in [3.8, 4) is 0 Å². The van der Waals surface area contributed by atoms with E-state index in [1.54, 1.807) is 13.0 Å². The Labute approximate surface area is 83.6 Å². The summed E-state index contributed by atoms with van der Waals surface area (Å²) in [4.78, 5) is 0. The second-order valence-corrected chi connectivity index (χ2v) is 3.72. The van der Waals surface area contributed by atoms with Crippen molar-refractivity contribution in [3.63, 3.8) is 0 Å². The van der Waals surface area contributed by atoms with Crippen LogP contribution >= 0.6 is 0 Å². The molecule has 1 heterocycles. The van der Waals surface area contributed by atoms with Gasteiger partial charge < -0.3 is 5.32 Å². The first-order chi connectivity index (χ1) is 6.72. The van der Waals surface area contributed by atoms with Gasteiger partial charge in [0, 0.05) is 6.54 Å². The van der Waals surface area contributed by atoms with E-state index >= 15 is 0 Å². The normalized spacial score (nSPS) is 20.3. The van der Waals surface area contributed by atoms with Crippen molar-refractivity contribution in [1.29, 1.82) is 0 Å². The Morgan fingerprint density at radius 3 is 3.07 bits per heavy atom. The van der Waals surface area contributed by atoms with E-state index in [0.29, 0.717) is 0 Å². The number of rotatable bonds is 1. The van der Waals surface area contributed by atoms with Gasteiger partial charge in [0.2, 0.25) is 0 Å². The third-order valence-corrected chi connectivity index (χ3v) is 2.75. The van der Waals surface area contributed by atoms with E-state index in [4.69, 9.17) is 0 Å². The molecule has 14 heavy (non-hydrogen) atoms. The number of halogens is 1. The van der Waals surface area contributed by atoms with Crippen LogP contribution < -0.4 is 5.32 Å². The molecular weight excluding hydrogens is 177 g/mol. The zero-order chi connectivity index (χ0) is 10.1. The summed E-state index contributed by atoms with van der Waals surface area (Å²) >= 11 is 0. The molecule has 1 aromatic rings. The van der Waals surface area contributed by atoms with Crippen molar-refractivity contribution in [2.45, 2.75) is 19.4 Å². The summed E-state index contributed by atoms with van der Waals surface area (Å²) in [6, 6.07) is 3.68. The molecule has 0 amide bonds. The highest BCUT2D eigenvalue weighted by Gasteiger charge is 2.18. The van der Waals surface area contributed by atoms with Crippen LogP contribution in [0.15, 0.2) is 24.8 Å². The molecule has 1 atom stereocenters. The van der Waals surface area contributed by atoms with E-state index in [-0.39, 0.29) is 11.9 Å². The summed E-state index contributed by atoms with van der Waals surface area (Å²) in [5, 5.41) is 3.29. The summed E-state index contributed by atoms with van der Waals surface area (Å²) < 4.78 is 13.4. The van der Waals surface area contributed by atoms with Gasteiger partial charge in [0.05, 0.1) is 6.04 Å². The summed E-state index contributed by atoms with van der Waals surface area (Å²) in [5.41, 5.74) is 3.01. The lowest BCUT2D eigenvalue weighted by Crippen LogP contribution is -2.28. The Bertz CT molecular complexity index is 371. The molecule has 0 fully saturated rings. The Balaban J connectivity index is 2.52. The molecule has 2 heteroatoms. The fraction of sp³-hybridized carbons (Fsp3) is 0.333. The highest BCUT2D eigenvalue weighted by atomic mass is 19.1. The molecule has 1 aliphatic rings. The quantitative estimate of drug-likeness (QED) is 0.672. The first-order valence-corrected chi connectivity index (χ1v) is 4.87. The maximum Gasteiger partial charge on any atom is 0.126 e. The van der Waals surface area contributed by atoms with Gasteiger partial charge in [-0.05, 0) is 36.1 Å². The molecule has 0 saturated carbocycles. The number of hydrogen-bond donors (Lipinski definition) is 1. The highest BCUT2D eigenvalue weighted by Crippen LogP contribution is 2.26. The van der Waals surface area contributed by atoms with Gasteiger partial charge >= 0.3 is 0 Å².